The summed E-state index contributed by atoms with van der Waals surface area (Å²) in [5, 5.41) is 0. The fourth-order valence-electron chi connectivity index (χ4n) is 2.08. The quantitative estimate of drug-likeness (QED) is 0.722. The van der Waals surface area contributed by atoms with Crippen LogP contribution in [0.25, 0.3) is 0 Å². The summed E-state index contributed by atoms with van der Waals surface area (Å²) in [4.78, 5) is 13.8. The van der Waals surface area contributed by atoms with Gasteiger partial charge >= 0.3 is 0 Å². The molecule has 0 radical (unpaired) electrons. The van der Waals surface area contributed by atoms with Crippen molar-refractivity contribution < 1.29 is 9.53 Å². The first kappa shape index (κ1) is 11.5. The predicted octanol–water partition coefficient (Wildman–Crippen LogP) is 1.64. The maximum Gasteiger partial charge on any atom is 0.230 e. The fourth-order valence-corrected chi connectivity index (χ4v) is 2.08. The van der Waals surface area contributed by atoms with Gasteiger partial charge in [0.25, 0.3) is 0 Å². The van der Waals surface area contributed by atoms with Gasteiger partial charge in [-0.2, -0.15) is 0 Å². The van der Waals surface area contributed by atoms with Crippen LogP contribution in [0.4, 0.5) is 0 Å². The summed E-state index contributed by atoms with van der Waals surface area (Å²) in [6.45, 7) is 0.926. The number of ether oxygens (including phenoxy) is 1. The van der Waals surface area contributed by atoms with Crippen LogP contribution < -0.4 is 4.74 Å². The Kier molecular flexibility index (Phi) is 3.34. The molecular formula is C14H15NO2. The molecule has 3 heteroatoms. The highest BCUT2D eigenvalue weighted by atomic mass is 16.5. The molecule has 1 unspecified atom stereocenters. The molecule has 0 saturated heterocycles. The molecule has 3 nitrogen and oxygen atoms in total. The van der Waals surface area contributed by atoms with Crippen LogP contribution in [0.5, 0.6) is 5.75 Å². The molecular weight excluding hydrogens is 214 g/mol. The number of rotatable bonds is 2. The van der Waals surface area contributed by atoms with Gasteiger partial charge in [0.1, 0.15) is 5.75 Å². The number of carbonyl (C=O) groups is 1. The third kappa shape index (κ3) is 2.26. The van der Waals surface area contributed by atoms with Gasteiger partial charge in [0.15, 0.2) is 0 Å². The van der Waals surface area contributed by atoms with Crippen molar-refractivity contribution in [1.29, 1.82) is 0 Å². The number of nitrogens with zero attached hydrogens (tertiary/aromatic N) is 1. The van der Waals surface area contributed by atoms with E-state index < -0.39 is 0 Å². The molecule has 0 N–H and O–H groups in total. The Bertz CT molecular complexity index is 462. The van der Waals surface area contributed by atoms with Gasteiger partial charge < -0.3 is 9.64 Å². The second kappa shape index (κ2) is 4.92. The summed E-state index contributed by atoms with van der Waals surface area (Å²) in [5.74, 6) is 3.24. The standard InChI is InChI=1S/C14H15NO2/c1-3-9-15(2)14(16)12-8-10-17-13-7-5-4-6-11(12)13/h1,4-7,12H,8-10H2,2H3. The fraction of sp³-hybridized carbons (Fsp3) is 0.357. The highest BCUT2D eigenvalue weighted by Gasteiger charge is 2.29. The number of benzene rings is 1. The number of fused-ring (bicyclic) bond motifs is 1. The molecule has 1 heterocycles. The highest BCUT2D eigenvalue weighted by molar-refractivity contribution is 5.84. The molecule has 0 aliphatic carbocycles. The van der Waals surface area contributed by atoms with E-state index in [2.05, 4.69) is 5.92 Å². The Hall–Kier alpha value is -1.95. The summed E-state index contributed by atoms with van der Waals surface area (Å²) < 4.78 is 5.53. The molecule has 1 aromatic rings. The minimum Gasteiger partial charge on any atom is -0.493 e. The SMILES string of the molecule is C#CCN(C)C(=O)C1CCOc2ccccc21. The lowest BCUT2D eigenvalue weighted by atomic mass is 9.92. The van der Waals surface area contributed by atoms with E-state index in [0.717, 1.165) is 11.3 Å². The maximum absolute atomic E-state index is 12.2. The van der Waals surface area contributed by atoms with Gasteiger partial charge in [-0.1, -0.05) is 24.1 Å². The molecule has 0 bridgehead atoms. The Morgan fingerprint density at radius 1 is 1.59 bits per heavy atom. The third-order valence-electron chi connectivity index (χ3n) is 2.96. The van der Waals surface area contributed by atoms with Crippen LogP contribution >= 0.6 is 0 Å². The molecule has 88 valence electrons. The van der Waals surface area contributed by atoms with Crippen LogP contribution in [0.3, 0.4) is 0 Å². The lowest BCUT2D eigenvalue weighted by molar-refractivity contribution is -0.131. The molecule has 1 amide bonds. The zero-order valence-corrected chi connectivity index (χ0v) is 9.85. The van der Waals surface area contributed by atoms with Gasteiger partial charge in [0, 0.05) is 12.6 Å². The summed E-state index contributed by atoms with van der Waals surface area (Å²) in [5.41, 5.74) is 0.965. The van der Waals surface area contributed by atoms with E-state index in [0.29, 0.717) is 19.6 Å². The van der Waals surface area contributed by atoms with E-state index in [1.807, 2.05) is 24.3 Å². The molecule has 1 atom stereocenters. The topological polar surface area (TPSA) is 29.5 Å². The molecule has 0 saturated carbocycles. The lowest BCUT2D eigenvalue weighted by Gasteiger charge is -2.27. The molecule has 1 aliphatic heterocycles. The van der Waals surface area contributed by atoms with Gasteiger partial charge in [0.05, 0.1) is 19.1 Å². The molecule has 0 spiro atoms. The molecule has 17 heavy (non-hydrogen) atoms. The number of likely N-dealkylation sites (N-methyl/N-ethyl adjacent to an activating group) is 1. The van der Waals surface area contributed by atoms with Crippen molar-refractivity contribution in [3.8, 4) is 18.1 Å². The maximum atomic E-state index is 12.2. The number of hydrogen-bond acceptors (Lipinski definition) is 2. The summed E-state index contributed by atoms with van der Waals surface area (Å²) in [6, 6.07) is 7.68. The lowest BCUT2D eigenvalue weighted by Crippen LogP contribution is -2.34. The molecule has 1 aromatic carbocycles. The summed E-state index contributed by atoms with van der Waals surface area (Å²) in [7, 11) is 1.74. The van der Waals surface area contributed by atoms with Crippen molar-refractivity contribution in [2.45, 2.75) is 12.3 Å². The third-order valence-corrected chi connectivity index (χ3v) is 2.96. The molecule has 2 rings (SSSR count). The van der Waals surface area contributed by atoms with E-state index in [4.69, 9.17) is 11.2 Å². The summed E-state index contributed by atoms with van der Waals surface area (Å²) >= 11 is 0. The normalized spacial score (nSPS) is 17.5. The van der Waals surface area contributed by atoms with Crippen molar-refractivity contribution in [3.05, 3.63) is 29.8 Å². The van der Waals surface area contributed by atoms with E-state index in [9.17, 15) is 4.79 Å². The van der Waals surface area contributed by atoms with Crippen molar-refractivity contribution in [2.75, 3.05) is 20.2 Å². The number of para-hydroxylation sites is 1. The van der Waals surface area contributed by atoms with Crippen LogP contribution in [-0.2, 0) is 4.79 Å². The zero-order chi connectivity index (χ0) is 12.3. The van der Waals surface area contributed by atoms with Crippen molar-refractivity contribution in [3.63, 3.8) is 0 Å². The minimum absolute atomic E-state index is 0.0682. The first-order valence-electron chi connectivity index (χ1n) is 5.64. The van der Waals surface area contributed by atoms with E-state index in [1.165, 1.54) is 0 Å². The van der Waals surface area contributed by atoms with Crippen LogP contribution in [0, 0.1) is 12.3 Å². The second-order valence-corrected chi connectivity index (χ2v) is 4.13. The first-order valence-corrected chi connectivity index (χ1v) is 5.64. The monoisotopic (exact) mass is 229 g/mol. The van der Waals surface area contributed by atoms with E-state index in [-0.39, 0.29) is 11.8 Å². The van der Waals surface area contributed by atoms with Crippen molar-refractivity contribution in [2.24, 2.45) is 0 Å². The molecule has 0 aromatic heterocycles. The first-order chi connectivity index (χ1) is 8.24. The van der Waals surface area contributed by atoms with E-state index in [1.54, 1.807) is 11.9 Å². The van der Waals surface area contributed by atoms with E-state index >= 15 is 0 Å². The minimum atomic E-state index is -0.127. The Morgan fingerprint density at radius 2 is 2.35 bits per heavy atom. The smallest absolute Gasteiger partial charge is 0.230 e. The van der Waals surface area contributed by atoms with Crippen LogP contribution in [-0.4, -0.2) is 31.0 Å². The molecule has 1 aliphatic rings. The number of terminal acetylenes is 1. The number of amides is 1. The summed E-state index contributed by atoms with van der Waals surface area (Å²) in [6.07, 6.45) is 5.94. The van der Waals surface area contributed by atoms with Gasteiger partial charge in [-0.15, -0.1) is 6.42 Å². The van der Waals surface area contributed by atoms with Gasteiger partial charge in [-0.3, -0.25) is 4.79 Å². The van der Waals surface area contributed by atoms with Crippen molar-refractivity contribution in [1.82, 2.24) is 4.90 Å². The van der Waals surface area contributed by atoms with Crippen LogP contribution in [0.1, 0.15) is 17.9 Å². The van der Waals surface area contributed by atoms with Crippen LogP contribution in [0.2, 0.25) is 0 Å². The highest BCUT2D eigenvalue weighted by Crippen LogP contribution is 2.34. The van der Waals surface area contributed by atoms with Crippen molar-refractivity contribution >= 4 is 5.91 Å². The van der Waals surface area contributed by atoms with Gasteiger partial charge in [-0.05, 0) is 12.5 Å². The Morgan fingerprint density at radius 3 is 3.12 bits per heavy atom. The van der Waals surface area contributed by atoms with Gasteiger partial charge in [-0.25, -0.2) is 0 Å². The second-order valence-electron chi connectivity index (χ2n) is 4.13. The Labute approximate surface area is 101 Å². The van der Waals surface area contributed by atoms with Gasteiger partial charge in [0.2, 0.25) is 5.91 Å². The Balaban J connectivity index is 2.24. The average molecular weight is 229 g/mol. The average Bonchev–Trinajstić information content (AvgIpc) is 2.37. The largest absolute Gasteiger partial charge is 0.493 e. The number of hydrogen-bond donors (Lipinski definition) is 0. The molecule has 0 fully saturated rings. The zero-order valence-electron chi connectivity index (χ0n) is 9.85. The number of carbonyl (C=O) groups excluding carboxylic acids is 1. The van der Waals surface area contributed by atoms with Crippen LogP contribution in [0.15, 0.2) is 24.3 Å². The predicted molar refractivity (Wildman–Crippen MR) is 65.8 cm³/mol.